The van der Waals surface area contributed by atoms with Crippen LogP contribution in [0.15, 0.2) is 48.8 Å². The van der Waals surface area contributed by atoms with Crippen molar-refractivity contribution in [3.8, 4) is 11.4 Å². The van der Waals surface area contributed by atoms with Crippen LogP contribution in [0.4, 0.5) is 5.69 Å². The average molecular weight is 323 g/mol. The third-order valence-electron chi connectivity index (χ3n) is 3.66. The summed E-state index contributed by atoms with van der Waals surface area (Å²) in [6.45, 7) is 2.09. The average Bonchev–Trinajstić information content (AvgIpc) is 3.16. The van der Waals surface area contributed by atoms with Crippen LogP contribution in [0.1, 0.15) is 22.8 Å². The Morgan fingerprint density at radius 1 is 1.21 bits per heavy atom. The Bertz CT molecular complexity index is 829. The van der Waals surface area contributed by atoms with E-state index in [0.29, 0.717) is 17.0 Å². The van der Waals surface area contributed by atoms with Gasteiger partial charge in [0.05, 0.1) is 7.11 Å². The Morgan fingerprint density at radius 2 is 2.00 bits per heavy atom. The predicted octanol–water partition coefficient (Wildman–Crippen LogP) is 2.49. The summed E-state index contributed by atoms with van der Waals surface area (Å²) in [5.74, 6) is 0.303. The number of anilines is 1. The van der Waals surface area contributed by atoms with Gasteiger partial charge in [0.2, 0.25) is 0 Å². The van der Waals surface area contributed by atoms with Gasteiger partial charge in [-0.05, 0) is 52.7 Å². The zero-order chi connectivity index (χ0) is 16.9. The summed E-state index contributed by atoms with van der Waals surface area (Å²) in [6.07, 6.45) is 2.43. The molecule has 0 spiro atoms. The van der Waals surface area contributed by atoms with Crippen molar-refractivity contribution in [3.05, 3.63) is 59.9 Å². The number of methoxy groups -OCH3 is 1. The molecule has 1 N–H and O–H groups in total. The number of rotatable bonds is 5. The number of tetrazole rings is 1. The monoisotopic (exact) mass is 323 g/mol. The molecule has 1 heterocycles. The highest BCUT2D eigenvalue weighted by atomic mass is 16.5. The molecule has 122 valence electrons. The predicted molar refractivity (Wildman–Crippen MR) is 89.5 cm³/mol. The molecular weight excluding hydrogens is 306 g/mol. The van der Waals surface area contributed by atoms with Crippen LogP contribution in [0, 0.1) is 0 Å². The Labute approximate surface area is 139 Å². The van der Waals surface area contributed by atoms with E-state index >= 15 is 0 Å². The first kappa shape index (κ1) is 15.7. The summed E-state index contributed by atoms with van der Waals surface area (Å²) in [6, 6.07) is 12.9. The second kappa shape index (κ2) is 6.91. The van der Waals surface area contributed by atoms with Crippen LogP contribution in [0.5, 0.6) is 5.75 Å². The van der Waals surface area contributed by atoms with Crippen molar-refractivity contribution >= 4 is 11.6 Å². The number of hydrogen-bond donors (Lipinski definition) is 1. The molecule has 0 aliphatic rings. The minimum Gasteiger partial charge on any atom is -0.494 e. The second-order valence-corrected chi connectivity index (χ2v) is 5.15. The first-order valence-electron chi connectivity index (χ1n) is 7.53. The van der Waals surface area contributed by atoms with Crippen molar-refractivity contribution in [1.82, 2.24) is 20.2 Å². The molecule has 24 heavy (non-hydrogen) atoms. The molecule has 0 aliphatic carbocycles. The van der Waals surface area contributed by atoms with Gasteiger partial charge < -0.3 is 10.1 Å². The number of hydrogen-bond acceptors (Lipinski definition) is 5. The molecule has 3 aromatic rings. The fourth-order valence-corrected chi connectivity index (χ4v) is 2.31. The third-order valence-corrected chi connectivity index (χ3v) is 3.66. The SMILES string of the molecule is CCc1ccc(NC(=O)c2ccc(-n3cnnn3)c(OC)c2)cc1. The van der Waals surface area contributed by atoms with Crippen molar-refractivity contribution in [2.45, 2.75) is 13.3 Å². The van der Waals surface area contributed by atoms with Crippen LogP contribution in [-0.2, 0) is 6.42 Å². The van der Waals surface area contributed by atoms with E-state index in [-0.39, 0.29) is 5.91 Å². The van der Waals surface area contributed by atoms with Gasteiger partial charge in [-0.3, -0.25) is 4.79 Å². The molecule has 0 unspecified atom stereocenters. The maximum atomic E-state index is 12.4. The summed E-state index contributed by atoms with van der Waals surface area (Å²) in [5.41, 5.74) is 3.12. The molecule has 1 amide bonds. The van der Waals surface area contributed by atoms with Crippen molar-refractivity contribution < 1.29 is 9.53 Å². The van der Waals surface area contributed by atoms with Gasteiger partial charge in [-0.25, -0.2) is 0 Å². The summed E-state index contributed by atoms with van der Waals surface area (Å²) >= 11 is 0. The number of aromatic nitrogens is 4. The second-order valence-electron chi connectivity index (χ2n) is 5.15. The molecule has 0 atom stereocenters. The largest absolute Gasteiger partial charge is 0.494 e. The topological polar surface area (TPSA) is 81.9 Å². The molecule has 0 radical (unpaired) electrons. The maximum absolute atomic E-state index is 12.4. The molecule has 0 aliphatic heterocycles. The van der Waals surface area contributed by atoms with Gasteiger partial charge in [0.1, 0.15) is 17.8 Å². The highest BCUT2D eigenvalue weighted by molar-refractivity contribution is 6.04. The van der Waals surface area contributed by atoms with Gasteiger partial charge in [-0.15, -0.1) is 5.10 Å². The number of aryl methyl sites for hydroxylation is 1. The maximum Gasteiger partial charge on any atom is 0.255 e. The molecule has 7 nitrogen and oxygen atoms in total. The molecular formula is C17H17N5O2. The van der Waals surface area contributed by atoms with Crippen LogP contribution in [0.25, 0.3) is 5.69 Å². The highest BCUT2D eigenvalue weighted by Gasteiger charge is 2.12. The van der Waals surface area contributed by atoms with E-state index in [2.05, 4.69) is 27.8 Å². The Morgan fingerprint density at radius 3 is 2.62 bits per heavy atom. The highest BCUT2D eigenvalue weighted by Crippen LogP contribution is 2.24. The fraction of sp³-hybridized carbons (Fsp3) is 0.176. The quantitative estimate of drug-likeness (QED) is 0.780. The van der Waals surface area contributed by atoms with E-state index in [4.69, 9.17) is 4.74 Å². The Balaban J connectivity index is 1.82. The van der Waals surface area contributed by atoms with Gasteiger partial charge in [-0.2, -0.15) is 4.68 Å². The minimum atomic E-state index is -0.208. The lowest BCUT2D eigenvalue weighted by atomic mass is 10.1. The third kappa shape index (κ3) is 3.24. The van der Waals surface area contributed by atoms with Crippen molar-refractivity contribution in [1.29, 1.82) is 0 Å². The molecule has 0 bridgehead atoms. The molecule has 0 saturated heterocycles. The van der Waals surface area contributed by atoms with E-state index in [1.165, 1.54) is 23.7 Å². The smallest absolute Gasteiger partial charge is 0.255 e. The minimum absolute atomic E-state index is 0.208. The van der Waals surface area contributed by atoms with E-state index in [1.807, 2.05) is 24.3 Å². The molecule has 2 aromatic carbocycles. The summed E-state index contributed by atoms with van der Waals surface area (Å²) in [5, 5.41) is 13.9. The number of carbonyl (C=O) groups excluding carboxylic acids is 1. The molecule has 3 rings (SSSR count). The first-order valence-corrected chi connectivity index (χ1v) is 7.53. The zero-order valence-corrected chi connectivity index (χ0v) is 13.4. The van der Waals surface area contributed by atoms with E-state index < -0.39 is 0 Å². The molecule has 1 aromatic heterocycles. The molecule has 0 saturated carbocycles. The van der Waals surface area contributed by atoms with Crippen LogP contribution >= 0.6 is 0 Å². The van der Waals surface area contributed by atoms with Crippen LogP contribution < -0.4 is 10.1 Å². The normalized spacial score (nSPS) is 10.4. The van der Waals surface area contributed by atoms with E-state index in [1.54, 1.807) is 18.2 Å². The summed E-state index contributed by atoms with van der Waals surface area (Å²) in [7, 11) is 1.54. The number of nitrogens with one attached hydrogen (secondary N) is 1. The van der Waals surface area contributed by atoms with Gasteiger partial charge >= 0.3 is 0 Å². The lowest BCUT2D eigenvalue weighted by Crippen LogP contribution is -2.12. The number of carbonyl (C=O) groups is 1. The lowest BCUT2D eigenvalue weighted by molar-refractivity contribution is 0.102. The van der Waals surface area contributed by atoms with Gasteiger partial charge in [0.15, 0.2) is 0 Å². The van der Waals surface area contributed by atoms with Gasteiger partial charge in [0.25, 0.3) is 5.91 Å². The number of amides is 1. The first-order chi connectivity index (χ1) is 11.7. The lowest BCUT2D eigenvalue weighted by Gasteiger charge is -2.10. The number of ether oxygens (including phenoxy) is 1. The standard InChI is InChI=1S/C17H17N5O2/c1-3-12-4-7-14(8-5-12)19-17(23)13-6-9-15(16(10-13)24-2)22-11-18-20-21-22/h4-11H,3H2,1-2H3,(H,19,23). The number of nitrogens with zero attached hydrogens (tertiary/aromatic N) is 4. The number of benzene rings is 2. The fourth-order valence-electron chi connectivity index (χ4n) is 2.31. The van der Waals surface area contributed by atoms with Crippen molar-refractivity contribution in [2.24, 2.45) is 0 Å². The van der Waals surface area contributed by atoms with E-state index in [9.17, 15) is 4.79 Å². The summed E-state index contributed by atoms with van der Waals surface area (Å²) < 4.78 is 6.82. The Kier molecular flexibility index (Phi) is 4.51. The van der Waals surface area contributed by atoms with Crippen molar-refractivity contribution in [2.75, 3.05) is 12.4 Å². The van der Waals surface area contributed by atoms with Gasteiger partial charge in [-0.1, -0.05) is 19.1 Å². The van der Waals surface area contributed by atoms with Crippen LogP contribution in [0.2, 0.25) is 0 Å². The molecule has 7 heteroatoms. The van der Waals surface area contributed by atoms with Crippen molar-refractivity contribution in [3.63, 3.8) is 0 Å². The molecule has 0 fully saturated rings. The van der Waals surface area contributed by atoms with Gasteiger partial charge in [0, 0.05) is 11.3 Å². The summed E-state index contributed by atoms with van der Waals surface area (Å²) in [4.78, 5) is 12.4. The van der Waals surface area contributed by atoms with E-state index in [0.717, 1.165) is 12.1 Å². The van der Waals surface area contributed by atoms with Crippen LogP contribution in [0.3, 0.4) is 0 Å². The van der Waals surface area contributed by atoms with Crippen LogP contribution in [-0.4, -0.2) is 33.2 Å². The Hall–Kier alpha value is -3.22. The zero-order valence-electron chi connectivity index (χ0n) is 13.4.